The standard InChI is InChI=1S/C11H17NO/c1-8-3-5-10(6-4-8)9(2)11(12)7-13/h3-6,9,11,13H,7,12H2,1-2H3. The van der Waals surface area contributed by atoms with Crippen LogP contribution in [0, 0.1) is 6.92 Å². The highest BCUT2D eigenvalue weighted by molar-refractivity contribution is 5.25. The minimum atomic E-state index is -0.164. The van der Waals surface area contributed by atoms with Crippen LogP contribution in [0.4, 0.5) is 0 Å². The highest BCUT2D eigenvalue weighted by atomic mass is 16.3. The fraction of sp³-hybridized carbons (Fsp3) is 0.455. The minimum Gasteiger partial charge on any atom is -0.395 e. The highest BCUT2D eigenvalue weighted by Crippen LogP contribution is 2.17. The smallest absolute Gasteiger partial charge is 0.0588 e. The van der Waals surface area contributed by atoms with E-state index in [2.05, 4.69) is 31.2 Å². The average molecular weight is 179 g/mol. The van der Waals surface area contributed by atoms with E-state index >= 15 is 0 Å². The lowest BCUT2D eigenvalue weighted by atomic mass is 9.94. The number of aliphatic hydroxyl groups excluding tert-OH is 1. The van der Waals surface area contributed by atoms with Gasteiger partial charge in [-0.1, -0.05) is 36.8 Å². The van der Waals surface area contributed by atoms with E-state index < -0.39 is 0 Å². The molecule has 0 aromatic heterocycles. The van der Waals surface area contributed by atoms with Crippen molar-refractivity contribution < 1.29 is 5.11 Å². The van der Waals surface area contributed by atoms with Gasteiger partial charge in [-0.2, -0.15) is 0 Å². The van der Waals surface area contributed by atoms with Crippen LogP contribution in [0.3, 0.4) is 0 Å². The SMILES string of the molecule is Cc1ccc(C(C)C(N)CO)cc1. The Kier molecular flexibility index (Phi) is 3.46. The van der Waals surface area contributed by atoms with Gasteiger partial charge >= 0.3 is 0 Å². The molecule has 72 valence electrons. The molecule has 2 unspecified atom stereocenters. The van der Waals surface area contributed by atoms with Crippen molar-refractivity contribution in [2.45, 2.75) is 25.8 Å². The molecule has 0 heterocycles. The molecule has 0 saturated carbocycles. The van der Waals surface area contributed by atoms with Crippen LogP contribution in [0.1, 0.15) is 24.0 Å². The van der Waals surface area contributed by atoms with Crippen LogP contribution in [0.5, 0.6) is 0 Å². The van der Waals surface area contributed by atoms with E-state index in [1.165, 1.54) is 11.1 Å². The maximum atomic E-state index is 8.90. The fourth-order valence-electron chi connectivity index (χ4n) is 1.28. The third kappa shape index (κ3) is 2.54. The fourth-order valence-corrected chi connectivity index (χ4v) is 1.28. The summed E-state index contributed by atoms with van der Waals surface area (Å²) in [6, 6.07) is 8.10. The van der Waals surface area contributed by atoms with Gasteiger partial charge in [0.1, 0.15) is 0 Å². The number of nitrogens with two attached hydrogens (primary N) is 1. The zero-order valence-corrected chi connectivity index (χ0v) is 8.20. The number of rotatable bonds is 3. The van der Waals surface area contributed by atoms with Crippen molar-refractivity contribution in [3.05, 3.63) is 35.4 Å². The summed E-state index contributed by atoms with van der Waals surface area (Å²) in [6.45, 7) is 4.13. The molecule has 0 radical (unpaired) electrons. The summed E-state index contributed by atoms with van der Waals surface area (Å²) in [7, 11) is 0. The van der Waals surface area contributed by atoms with Crippen molar-refractivity contribution >= 4 is 0 Å². The van der Waals surface area contributed by atoms with Gasteiger partial charge in [-0.25, -0.2) is 0 Å². The average Bonchev–Trinajstić information content (AvgIpc) is 2.17. The molecular formula is C11H17NO. The maximum absolute atomic E-state index is 8.90. The van der Waals surface area contributed by atoms with Crippen molar-refractivity contribution in [1.29, 1.82) is 0 Å². The molecule has 2 heteroatoms. The van der Waals surface area contributed by atoms with Crippen LogP contribution in [0.25, 0.3) is 0 Å². The van der Waals surface area contributed by atoms with E-state index in [4.69, 9.17) is 10.8 Å². The number of hydrogen-bond acceptors (Lipinski definition) is 2. The number of hydrogen-bond donors (Lipinski definition) is 2. The van der Waals surface area contributed by atoms with Crippen LogP contribution in [-0.4, -0.2) is 17.8 Å². The van der Waals surface area contributed by atoms with Crippen molar-refractivity contribution in [1.82, 2.24) is 0 Å². The summed E-state index contributed by atoms with van der Waals surface area (Å²) < 4.78 is 0. The maximum Gasteiger partial charge on any atom is 0.0588 e. The molecule has 0 saturated heterocycles. The van der Waals surface area contributed by atoms with E-state index in [-0.39, 0.29) is 18.6 Å². The lowest BCUT2D eigenvalue weighted by Crippen LogP contribution is -2.30. The Balaban J connectivity index is 2.77. The summed E-state index contributed by atoms with van der Waals surface area (Å²) in [4.78, 5) is 0. The second kappa shape index (κ2) is 4.40. The van der Waals surface area contributed by atoms with Crippen LogP contribution >= 0.6 is 0 Å². The van der Waals surface area contributed by atoms with Gasteiger partial charge in [0.05, 0.1) is 6.61 Å². The molecule has 0 amide bonds. The van der Waals surface area contributed by atoms with Gasteiger partial charge in [-0.3, -0.25) is 0 Å². The Morgan fingerprint density at radius 3 is 2.31 bits per heavy atom. The van der Waals surface area contributed by atoms with Crippen LogP contribution in [0.15, 0.2) is 24.3 Å². The zero-order chi connectivity index (χ0) is 9.84. The minimum absolute atomic E-state index is 0.0367. The summed E-state index contributed by atoms with van der Waals surface area (Å²) in [5.41, 5.74) is 8.17. The molecule has 0 spiro atoms. The first kappa shape index (κ1) is 10.2. The molecule has 0 fully saturated rings. The molecule has 1 aromatic carbocycles. The Hall–Kier alpha value is -0.860. The molecule has 2 atom stereocenters. The van der Waals surface area contributed by atoms with Gasteiger partial charge in [-0.05, 0) is 18.4 Å². The Morgan fingerprint density at radius 1 is 1.31 bits per heavy atom. The Morgan fingerprint density at radius 2 is 1.85 bits per heavy atom. The monoisotopic (exact) mass is 179 g/mol. The third-order valence-electron chi connectivity index (χ3n) is 2.46. The zero-order valence-electron chi connectivity index (χ0n) is 8.20. The van der Waals surface area contributed by atoms with Crippen LogP contribution in [0.2, 0.25) is 0 Å². The van der Waals surface area contributed by atoms with E-state index in [9.17, 15) is 0 Å². The van der Waals surface area contributed by atoms with Crippen molar-refractivity contribution in [2.75, 3.05) is 6.61 Å². The first-order valence-electron chi connectivity index (χ1n) is 4.58. The molecule has 0 bridgehead atoms. The molecule has 0 aliphatic carbocycles. The number of aliphatic hydroxyl groups is 1. The second-order valence-electron chi connectivity index (χ2n) is 3.55. The normalized spacial score (nSPS) is 15.4. The van der Waals surface area contributed by atoms with E-state index in [1.807, 2.05) is 6.92 Å². The molecule has 1 rings (SSSR count). The lowest BCUT2D eigenvalue weighted by Gasteiger charge is -2.17. The molecule has 0 aliphatic rings. The molecule has 13 heavy (non-hydrogen) atoms. The van der Waals surface area contributed by atoms with Gasteiger partial charge in [0.15, 0.2) is 0 Å². The van der Waals surface area contributed by atoms with E-state index in [0.717, 1.165) is 0 Å². The van der Waals surface area contributed by atoms with Crippen molar-refractivity contribution in [2.24, 2.45) is 5.73 Å². The van der Waals surface area contributed by atoms with E-state index in [1.54, 1.807) is 0 Å². The topological polar surface area (TPSA) is 46.2 Å². The first-order valence-corrected chi connectivity index (χ1v) is 4.58. The van der Waals surface area contributed by atoms with Gasteiger partial charge < -0.3 is 10.8 Å². The predicted octanol–water partition coefficient (Wildman–Crippen LogP) is 1.42. The molecule has 0 aliphatic heterocycles. The summed E-state index contributed by atoms with van der Waals surface area (Å²) >= 11 is 0. The molecule has 3 N–H and O–H groups in total. The summed E-state index contributed by atoms with van der Waals surface area (Å²) in [5.74, 6) is 0.214. The van der Waals surface area contributed by atoms with Gasteiger partial charge in [0.2, 0.25) is 0 Å². The van der Waals surface area contributed by atoms with Crippen molar-refractivity contribution in [3.63, 3.8) is 0 Å². The van der Waals surface area contributed by atoms with Gasteiger partial charge in [-0.15, -0.1) is 0 Å². The quantitative estimate of drug-likeness (QED) is 0.737. The Bertz CT molecular complexity index is 255. The van der Waals surface area contributed by atoms with Crippen LogP contribution in [-0.2, 0) is 0 Å². The van der Waals surface area contributed by atoms with Gasteiger partial charge in [0.25, 0.3) is 0 Å². The summed E-state index contributed by atoms with van der Waals surface area (Å²) in [6.07, 6.45) is 0. The molecular weight excluding hydrogens is 162 g/mol. The van der Waals surface area contributed by atoms with Crippen LogP contribution < -0.4 is 5.73 Å². The number of benzene rings is 1. The molecule has 2 nitrogen and oxygen atoms in total. The second-order valence-corrected chi connectivity index (χ2v) is 3.55. The first-order chi connectivity index (χ1) is 6.15. The van der Waals surface area contributed by atoms with Gasteiger partial charge in [0, 0.05) is 6.04 Å². The largest absolute Gasteiger partial charge is 0.395 e. The van der Waals surface area contributed by atoms with E-state index in [0.29, 0.717) is 0 Å². The number of aryl methyl sites for hydroxylation is 1. The lowest BCUT2D eigenvalue weighted by molar-refractivity contribution is 0.252. The third-order valence-corrected chi connectivity index (χ3v) is 2.46. The predicted molar refractivity (Wildman–Crippen MR) is 54.7 cm³/mol. The highest BCUT2D eigenvalue weighted by Gasteiger charge is 2.12. The van der Waals surface area contributed by atoms with Crippen molar-refractivity contribution in [3.8, 4) is 0 Å². The molecule has 1 aromatic rings. The summed E-state index contributed by atoms with van der Waals surface area (Å²) in [5, 5.41) is 8.90. The Labute approximate surface area is 79.4 Å².